The molecule has 1 aromatic heterocycles. The number of hydrogen-bond donors (Lipinski definition) is 1. The lowest BCUT2D eigenvalue weighted by molar-refractivity contribution is 0.334. The number of aromatic nitrogens is 1. The summed E-state index contributed by atoms with van der Waals surface area (Å²) in [6.07, 6.45) is 9.71. The zero-order valence-electron chi connectivity index (χ0n) is 12.1. The smallest absolute Gasteiger partial charge is 0.0951 e. The highest BCUT2D eigenvalue weighted by Crippen LogP contribution is 2.25. The van der Waals surface area contributed by atoms with Crippen molar-refractivity contribution in [2.75, 3.05) is 13.1 Å². The quantitative estimate of drug-likeness (QED) is 0.797. The van der Waals surface area contributed by atoms with E-state index >= 15 is 0 Å². The third kappa shape index (κ3) is 3.80. The molecule has 2 aromatic rings. The normalized spacial score (nSPS) is 16.8. The van der Waals surface area contributed by atoms with Gasteiger partial charge in [0.2, 0.25) is 0 Å². The summed E-state index contributed by atoms with van der Waals surface area (Å²) in [6, 6.07) is 8.42. The fourth-order valence-corrected chi connectivity index (χ4v) is 4.10. The third-order valence-electron chi connectivity index (χ3n) is 4.31. The molecule has 0 saturated heterocycles. The van der Waals surface area contributed by atoms with Crippen LogP contribution >= 0.6 is 11.3 Å². The molecule has 3 heteroatoms. The summed E-state index contributed by atoms with van der Waals surface area (Å²) in [7, 11) is 0. The van der Waals surface area contributed by atoms with E-state index in [-0.39, 0.29) is 0 Å². The van der Waals surface area contributed by atoms with E-state index in [0.29, 0.717) is 0 Å². The summed E-state index contributed by atoms with van der Waals surface area (Å²) < 4.78 is 1.31. The predicted molar refractivity (Wildman–Crippen MR) is 87.4 cm³/mol. The Kier molecular flexibility index (Phi) is 5.04. The largest absolute Gasteiger partial charge is 0.316 e. The Morgan fingerprint density at radius 1 is 1.10 bits per heavy atom. The molecule has 1 aromatic carbocycles. The van der Waals surface area contributed by atoms with Crippen LogP contribution in [-0.2, 0) is 6.42 Å². The van der Waals surface area contributed by atoms with Crippen molar-refractivity contribution in [3.05, 3.63) is 29.3 Å². The van der Waals surface area contributed by atoms with Crippen LogP contribution in [0.2, 0.25) is 0 Å². The maximum atomic E-state index is 4.68. The van der Waals surface area contributed by atoms with Crippen molar-refractivity contribution >= 4 is 21.6 Å². The average Bonchev–Trinajstić information content (AvgIpc) is 2.90. The summed E-state index contributed by atoms with van der Waals surface area (Å²) in [5.74, 6) is 0.985. The molecular formula is C17H24N2S. The van der Waals surface area contributed by atoms with Gasteiger partial charge in [-0.15, -0.1) is 11.3 Å². The average molecular weight is 288 g/mol. The highest BCUT2D eigenvalue weighted by molar-refractivity contribution is 7.18. The summed E-state index contributed by atoms with van der Waals surface area (Å²) in [5, 5.41) is 4.85. The van der Waals surface area contributed by atoms with Crippen LogP contribution in [0.4, 0.5) is 0 Å². The lowest BCUT2D eigenvalue weighted by Gasteiger charge is -2.21. The Labute approximate surface area is 125 Å². The maximum Gasteiger partial charge on any atom is 0.0951 e. The molecule has 0 aliphatic heterocycles. The van der Waals surface area contributed by atoms with E-state index in [4.69, 9.17) is 0 Å². The first-order chi connectivity index (χ1) is 9.92. The minimum Gasteiger partial charge on any atom is -0.316 e. The Bertz CT molecular complexity index is 496. The van der Waals surface area contributed by atoms with Crippen molar-refractivity contribution in [3.63, 3.8) is 0 Å². The molecular weight excluding hydrogens is 264 g/mol. The summed E-state index contributed by atoms with van der Waals surface area (Å²) in [5.41, 5.74) is 1.15. The van der Waals surface area contributed by atoms with Gasteiger partial charge >= 0.3 is 0 Å². The monoisotopic (exact) mass is 288 g/mol. The number of para-hydroxylation sites is 1. The molecule has 20 heavy (non-hydrogen) atoms. The van der Waals surface area contributed by atoms with Gasteiger partial charge in [0.1, 0.15) is 0 Å². The fourth-order valence-electron chi connectivity index (χ4n) is 3.13. The van der Waals surface area contributed by atoms with E-state index in [1.165, 1.54) is 54.8 Å². The SMILES string of the molecule is c1ccc2sc(CCNCCC3CCCCC3)nc2c1. The van der Waals surface area contributed by atoms with Crippen molar-refractivity contribution in [2.45, 2.75) is 44.9 Å². The van der Waals surface area contributed by atoms with Gasteiger partial charge in [0, 0.05) is 13.0 Å². The van der Waals surface area contributed by atoms with Crippen LogP contribution in [0, 0.1) is 5.92 Å². The fraction of sp³-hybridized carbons (Fsp3) is 0.588. The molecule has 1 N–H and O–H groups in total. The number of thiazole rings is 1. The third-order valence-corrected chi connectivity index (χ3v) is 5.40. The van der Waals surface area contributed by atoms with Crippen molar-refractivity contribution < 1.29 is 0 Å². The van der Waals surface area contributed by atoms with Gasteiger partial charge in [-0.1, -0.05) is 44.2 Å². The van der Waals surface area contributed by atoms with Gasteiger partial charge < -0.3 is 5.32 Å². The topological polar surface area (TPSA) is 24.9 Å². The standard InChI is InChI=1S/C17H24N2S/c1-2-6-14(7-3-1)10-12-18-13-11-17-19-15-8-4-5-9-16(15)20-17/h4-5,8-9,14,18H,1-3,6-7,10-13H2. The highest BCUT2D eigenvalue weighted by atomic mass is 32.1. The van der Waals surface area contributed by atoms with Gasteiger partial charge in [0.15, 0.2) is 0 Å². The summed E-state index contributed by atoms with van der Waals surface area (Å²) >= 11 is 1.83. The first-order valence-electron chi connectivity index (χ1n) is 7.97. The first kappa shape index (κ1) is 14.0. The molecule has 0 spiro atoms. The first-order valence-corrected chi connectivity index (χ1v) is 8.78. The Morgan fingerprint density at radius 2 is 1.95 bits per heavy atom. The number of nitrogens with one attached hydrogen (secondary N) is 1. The van der Waals surface area contributed by atoms with Gasteiger partial charge in [-0.05, 0) is 31.0 Å². The molecule has 3 rings (SSSR count). The number of rotatable bonds is 6. The minimum atomic E-state index is 0.985. The minimum absolute atomic E-state index is 0.985. The van der Waals surface area contributed by atoms with Gasteiger partial charge in [-0.3, -0.25) is 0 Å². The molecule has 0 radical (unpaired) electrons. The van der Waals surface area contributed by atoms with Crippen LogP contribution < -0.4 is 5.32 Å². The molecule has 1 aliphatic carbocycles. The molecule has 0 bridgehead atoms. The van der Waals surface area contributed by atoms with Gasteiger partial charge in [-0.25, -0.2) is 4.98 Å². The van der Waals surface area contributed by atoms with E-state index in [2.05, 4.69) is 34.6 Å². The van der Waals surface area contributed by atoms with Crippen LogP contribution in [0.3, 0.4) is 0 Å². The molecule has 0 unspecified atom stereocenters. The van der Waals surface area contributed by atoms with Crippen LogP contribution in [0.25, 0.3) is 10.2 Å². The predicted octanol–water partition coefficient (Wildman–Crippen LogP) is 4.40. The van der Waals surface area contributed by atoms with Crippen LogP contribution in [0.15, 0.2) is 24.3 Å². The van der Waals surface area contributed by atoms with Crippen LogP contribution in [0.1, 0.15) is 43.5 Å². The number of benzene rings is 1. The highest BCUT2D eigenvalue weighted by Gasteiger charge is 2.12. The number of fused-ring (bicyclic) bond motifs is 1. The second kappa shape index (κ2) is 7.19. The maximum absolute atomic E-state index is 4.68. The van der Waals surface area contributed by atoms with Crippen molar-refractivity contribution in [1.82, 2.24) is 10.3 Å². The summed E-state index contributed by atoms with van der Waals surface area (Å²) in [4.78, 5) is 4.68. The number of nitrogens with zero attached hydrogens (tertiary/aromatic N) is 1. The Morgan fingerprint density at radius 3 is 2.80 bits per heavy atom. The van der Waals surface area contributed by atoms with Crippen molar-refractivity contribution in [3.8, 4) is 0 Å². The Balaban J connectivity index is 1.37. The van der Waals surface area contributed by atoms with Crippen molar-refractivity contribution in [1.29, 1.82) is 0 Å². The van der Waals surface area contributed by atoms with E-state index in [0.717, 1.165) is 24.4 Å². The van der Waals surface area contributed by atoms with E-state index in [1.54, 1.807) is 0 Å². The van der Waals surface area contributed by atoms with Crippen molar-refractivity contribution in [2.24, 2.45) is 5.92 Å². The van der Waals surface area contributed by atoms with Crippen LogP contribution in [0.5, 0.6) is 0 Å². The second-order valence-corrected chi connectivity index (χ2v) is 6.98. The zero-order chi connectivity index (χ0) is 13.6. The lowest BCUT2D eigenvalue weighted by atomic mass is 9.87. The zero-order valence-corrected chi connectivity index (χ0v) is 12.9. The molecule has 1 fully saturated rings. The van der Waals surface area contributed by atoms with E-state index < -0.39 is 0 Å². The van der Waals surface area contributed by atoms with E-state index in [1.807, 2.05) is 11.3 Å². The molecule has 1 aliphatic rings. The van der Waals surface area contributed by atoms with Gasteiger partial charge in [0.25, 0.3) is 0 Å². The van der Waals surface area contributed by atoms with Gasteiger partial charge in [0.05, 0.1) is 15.2 Å². The molecule has 1 saturated carbocycles. The molecule has 1 heterocycles. The number of hydrogen-bond acceptors (Lipinski definition) is 3. The lowest BCUT2D eigenvalue weighted by Crippen LogP contribution is -2.21. The second-order valence-electron chi connectivity index (χ2n) is 5.87. The van der Waals surface area contributed by atoms with Gasteiger partial charge in [-0.2, -0.15) is 0 Å². The summed E-state index contributed by atoms with van der Waals surface area (Å²) in [6.45, 7) is 2.24. The molecule has 2 nitrogen and oxygen atoms in total. The molecule has 108 valence electrons. The molecule has 0 amide bonds. The van der Waals surface area contributed by atoms with Crippen LogP contribution in [-0.4, -0.2) is 18.1 Å². The molecule has 0 atom stereocenters. The van der Waals surface area contributed by atoms with E-state index in [9.17, 15) is 0 Å². The Hall–Kier alpha value is -0.930.